The summed E-state index contributed by atoms with van der Waals surface area (Å²) in [5, 5.41) is 2.77. The maximum atomic E-state index is 11.8. The van der Waals surface area contributed by atoms with Gasteiger partial charge in [0.2, 0.25) is 5.91 Å². The first-order valence-corrected chi connectivity index (χ1v) is 6.41. The van der Waals surface area contributed by atoms with Crippen LogP contribution in [0.2, 0.25) is 0 Å². The van der Waals surface area contributed by atoms with E-state index in [0.717, 1.165) is 25.7 Å². The van der Waals surface area contributed by atoms with Gasteiger partial charge in [-0.25, -0.2) is 0 Å². The molecule has 0 heterocycles. The van der Waals surface area contributed by atoms with Crippen LogP contribution in [0.4, 0.5) is 0 Å². The van der Waals surface area contributed by atoms with Gasteiger partial charge < -0.3 is 5.32 Å². The maximum absolute atomic E-state index is 11.8. The minimum atomic E-state index is 0.00873. The molecule has 0 aliphatic heterocycles. The van der Waals surface area contributed by atoms with Crippen LogP contribution in [-0.4, -0.2) is 18.2 Å². The molecule has 0 aromatic rings. The Labute approximate surface area is 98.0 Å². The van der Waals surface area contributed by atoms with Gasteiger partial charge in [-0.05, 0) is 12.8 Å². The molecule has 0 bridgehead atoms. The third kappa shape index (κ3) is 4.33. The summed E-state index contributed by atoms with van der Waals surface area (Å²) in [7, 11) is 0. The molecule has 1 fully saturated rings. The number of ketones is 1. The molecule has 0 unspecified atom stereocenters. The fraction of sp³-hybridized carbons (Fsp3) is 0.846. The van der Waals surface area contributed by atoms with Gasteiger partial charge >= 0.3 is 0 Å². The second-order valence-electron chi connectivity index (χ2n) is 5.03. The Morgan fingerprint density at radius 1 is 1.12 bits per heavy atom. The van der Waals surface area contributed by atoms with Gasteiger partial charge in [0.25, 0.3) is 0 Å². The number of hydrogen-bond acceptors (Lipinski definition) is 2. The number of rotatable bonds is 4. The standard InChI is InChI=1S/C13H23NO2/c1-10(2)12(15)9-14-13(16)11-7-5-3-4-6-8-11/h10-11H,3-9H2,1-2H3,(H,14,16). The highest BCUT2D eigenvalue weighted by molar-refractivity contribution is 5.87. The lowest BCUT2D eigenvalue weighted by molar-refractivity contribution is -0.129. The first kappa shape index (κ1) is 13.2. The second-order valence-corrected chi connectivity index (χ2v) is 5.03. The maximum Gasteiger partial charge on any atom is 0.223 e. The normalized spacial score (nSPS) is 18.2. The lowest BCUT2D eigenvalue weighted by atomic mass is 9.99. The summed E-state index contributed by atoms with van der Waals surface area (Å²) in [4.78, 5) is 23.2. The zero-order valence-corrected chi connectivity index (χ0v) is 10.4. The molecular formula is C13H23NO2. The van der Waals surface area contributed by atoms with Crippen LogP contribution in [0.1, 0.15) is 52.4 Å². The third-order valence-electron chi connectivity index (χ3n) is 3.31. The van der Waals surface area contributed by atoms with Crippen LogP contribution in [0.15, 0.2) is 0 Å². The van der Waals surface area contributed by atoms with E-state index in [0.29, 0.717) is 0 Å². The van der Waals surface area contributed by atoms with E-state index in [1.807, 2.05) is 13.8 Å². The summed E-state index contributed by atoms with van der Waals surface area (Å²) < 4.78 is 0. The Morgan fingerprint density at radius 2 is 1.69 bits per heavy atom. The van der Waals surface area contributed by atoms with Crippen molar-refractivity contribution in [1.29, 1.82) is 0 Å². The van der Waals surface area contributed by atoms with E-state index in [1.165, 1.54) is 12.8 Å². The SMILES string of the molecule is CC(C)C(=O)CNC(=O)C1CCCCCC1. The topological polar surface area (TPSA) is 46.2 Å². The lowest BCUT2D eigenvalue weighted by Crippen LogP contribution is -2.35. The monoisotopic (exact) mass is 225 g/mol. The molecule has 1 aliphatic rings. The van der Waals surface area contributed by atoms with Crippen LogP contribution < -0.4 is 5.32 Å². The molecule has 0 aromatic carbocycles. The smallest absolute Gasteiger partial charge is 0.223 e. The molecule has 1 N–H and O–H groups in total. The first-order chi connectivity index (χ1) is 7.61. The predicted octanol–water partition coefficient (Wildman–Crippen LogP) is 2.30. The zero-order valence-electron chi connectivity index (χ0n) is 10.4. The van der Waals surface area contributed by atoms with Crippen molar-refractivity contribution in [1.82, 2.24) is 5.32 Å². The Balaban J connectivity index is 2.30. The zero-order chi connectivity index (χ0) is 12.0. The van der Waals surface area contributed by atoms with Crippen molar-refractivity contribution in [3.63, 3.8) is 0 Å². The van der Waals surface area contributed by atoms with Crippen molar-refractivity contribution >= 4 is 11.7 Å². The van der Waals surface area contributed by atoms with Gasteiger partial charge in [-0.2, -0.15) is 0 Å². The summed E-state index contributed by atoms with van der Waals surface area (Å²) in [5.74, 6) is 0.342. The minimum Gasteiger partial charge on any atom is -0.349 e. The van der Waals surface area contributed by atoms with Gasteiger partial charge in [0.05, 0.1) is 6.54 Å². The average molecular weight is 225 g/mol. The molecule has 0 aromatic heterocycles. The second kappa shape index (κ2) is 6.66. The van der Waals surface area contributed by atoms with Crippen molar-refractivity contribution in [2.24, 2.45) is 11.8 Å². The van der Waals surface area contributed by atoms with E-state index in [4.69, 9.17) is 0 Å². The molecule has 1 amide bonds. The molecule has 3 heteroatoms. The fourth-order valence-corrected chi connectivity index (χ4v) is 2.06. The molecule has 1 rings (SSSR count). The van der Waals surface area contributed by atoms with E-state index in [2.05, 4.69) is 5.32 Å². The number of Topliss-reactive ketones (excluding diaryl/α,β-unsaturated/α-hetero) is 1. The van der Waals surface area contributed by atoms with Crippen molar-refractivity contribution in [2.45, 2.75) is 52.4 Å². The number of nitrogens with one attached hydrogen (secondary N) is 1. The summed E-state index contributed by atoms with van der Waals surface area (Å²) in [5.41, 5.74) is 0. The van der Waals surface area contributed by atoms with Crippen LogP contribution in [0, 0.1) is 11.8 Å². The van der Waals surface area contributed by atoms with Crippen LogP contribution in [0.3, 0.4) is 0 Å². The molecule has 0 saturated heterocycles. The van der Waals surface area contributed by atoms with E-state index >= 15 is 0 Å². The highest BCUT2D eigenvalue weighted by Crippen LogP contribution is 2.22. The molecule has 92 valence electrons. The highest BCUT2D eigenvalue weighted by atomic mass is 16.2. The van der Waals surface area contributed by atoms with Gasteiger partial charge in [-0.1, -0.05) is 39.5 Å². The minimum absolute atomic E-state index is 0.00873. The van der Waals surface area contributed by atoms with E-state index in [1.54, 1.807) is 0 Å². The van der Waals surface area contributed by atoms with Gasteiger partial charge in [0, 0.05) is 11.8 Å². The van der Waals surface area contributed by atoms with Crippen molar-refractivity contribution in [2.75, 3.05) is 6.54 Å². The van der Waals surface area contributed by atoms with Crippen molar-refractivity contribution < 1.29 is 9.59 Å². The van der Waals surface area contributed by atoms with E-state index in [9.17, 15) is 9.59 Å². The quantitative estimate of drug-likeness (QED) is 0.746. The lowest BCUT2D eigenvalue weighted by Gasteiger charge is -2.14. The number of carbonyl (C=O) groups excluding carboxylic acids is 2. The van der Waals surface area contributed by atoms with E-state index < -0.39 is 0 Å². The Hall–Kier alpha value is -0.860. The summed E-state index contributed by atoms with van der Waals surface area (Å²) in [6.45, 7) is 3.92. The molecule has 0 radical (unpaired) electrons. The van der Waals surface area contributed by atoms with E-state index in [-0.39, 0.29) is 30.1 Å². The van der Waals surface area contributed by atoms with Gasteiger partial charge in [-0.15, -0.1) is 0 Å². The summed E-state index contributed by atoms with van der Waals surface area (Å²) in [6, 6.07) is 0. The molecule has 1 saturated carbocycles. The number of carbonyl (C=O) groups is 2. The first-order valence-electron chi connectivity index (χ1n) is 6.41. The fourth-order valence-electron chi connectivity index (χ4n) is 2.06. The molecular weight excluding hydrogens is 202 g/mol. The summed E-state index contributed by atoms with van der Waals surface area (Å²) in [6.07, 6.45) is 6.76. The van der Waals surface area contributed by atoms with Crippen LogP contribution in [-0.2, 0) is 9.59 Å². The Bertz CT molecular complexity index is 240. The van der Waals surface area contributed by atoms with Gasteiger partial charge in [0.1, 0.15) is 0 Å². The Kier molecular flexibility index (Phi) is 5.50. The molecule has 16 heavy (non-hydrogen) atoms. The van der Waals surface area contributed by atoms with Crippen LogP contribution in [0.5, 0.6) is 0 Å². The number of hydrogen-bond donors (Lipinski definition) is 1. The molecule has 1 aliphatic carbocycles. The predicted molar refractivity (Wildman–Crippen MR) is 64.0 cm³/mol. The van der Waals surface area contributed by atoms with Crippen molar-refractivity contribution in [3.05, 3.63) is 0 Å². The van der Waals surface area contributed by atoms with Crippen molar-refractivity contribution in [3.8, 4) is 0 Å². The largest absolute Gasteiger partial charge is 0.349 e. The average Bonchev–Trinajstić information content (AvgIpc) is 2.53. The third-order valence-corrected chi connectivity index (χ3v) is 3.31. The van der Waals surface area contributed by atoms with Crippen LogP contribution >= 0.6 is 0 Å². The molecule has 0 spiro atoms. The number of amides is 1. The molecule has 3 nitrogen and oxygen atoms in total. The van der Waals surface area contributed by atoms with Gasteiger partial charge in [0.15, 0.2) is 5.78 Å². The van der Waals surface area contributed by atoms with Crippen LogP contribution in [0.25, 0.3) is 0 Å². The highest BCUT2D eigenvalue weighted by Gasteiger charge is 2.20. The summed E-state index contributed by atoms with van der Waals surface area (Å²) >= 11 is 0. The molecule has 0 atom stereocenters. The van der Waals surface area contributed by atoms with Gasteiger partial charge in [-0.3, -0.25) is 9.59 Å². The Morgan fingerprint density at radius 3 is 2.19 bits per heavy atom.